The van der Waals surface area contributed by atoms with Crippen LogP contribution >= 0.6 is 0 Å². The molecule has 2 fully saturated rings. The summed E-state index contributed by atoms with van der Waals surface area (Å²) < 4.78 is 13.8. The lowest BCUT2D eigenvalue weighted by Gasteiger charge is -2.31. The summed E-state index contributed by atoms with van der Waals surface area (Å²) in [6, 6.07) is -1.84. The number of amides is 5. The largest absolute Gasteiger partial charge is 0.480 e. The van der Waals surface area contributed by atoms with Crippen LogP contribution < -0.4 is 49.5 Å². The zero-order valence-corrected chi connectivity index (χ0v) is 36.0. The third kappa shape index (κ3) is 19.0. The van der Waals surface area contributed by atoms with Crippen LogP contribution in [-0.2, 0) is 35.2 Å². The number of nitrogens with one attached hydrogen (secondary N) is 5. The number of guanidine groups is 1. The minimum absolute atomic E-state index is 0.0777. The number of carboxylic acids is 1. The summed E-state index contributed by atoms with van der Waals surface area (Å²) in [5.41, 5.74) is 22.8. The first-order valence-electron chi connectivity index (χ1n) is 22.3. The van der Waals surface area contributed by atoms with Crippen molar-refractivity contribution in [2.45, 2.75) is 158 Å². The predicted molar refractivity (Wildman–Crippen MR) is 232 cm³/mol. The highest BCUT2D eigenvalue weighted by Gasteiger charge is 2.35. The standard InChI is InChI=1S/C43H71FN10O8/c44-30-19-17-29(18-20-30)25-34(52-37(56)31(46)26-55)40(59)54-36(24-28-13-5-2-6-14-28)41(60)53-35(23-27-11-3-1-4-12-27)39(58)50-32(15-8-10-22-49-43(47)48)38(57)51-33(42(61)62)16-7-9-21-45/h17-20,27-28,31-36,55H,1-16,21-26,45-46H2,(H,50,58)(H,51,57)(H,52,56)(H,53,60)(H,54,59)(H,61,62)(H4,47,48,49)/t31-,32-,33-,34-,35-,36-/m0/s1. The Morgan fingerprint density at radius 3 is 1.60 bits per heavy atom. The molecule has 3 rings (SSSR count). The molecule has 19 heteroatoms. The summed E-state index contributed by atoms with van der Waals surface area (Å²) in [4.78, 5) is 85.7. The molecule has 18 nitrogen and oxygen atoms in total. The van der Waals surface area contributed by atoms with Crippen LogP contribution in [0.2, 0.25) is 0 Å². The SMILES string of the molecule is NCCCC[C@H](NC(=O)[C@H](CCCCN=C(N)N)NC(=O)[C@H](CC1CCCCC1)NC(=O)[C@H](CC1CCCCC1)NC(=O)[C@H](Cc1ccc(F)cc1)NC(=O)[C@@H](N)CO)C(=O)O. The topological polar surface area (TPSA) is 319 Å². The molecular formula is C43H71FN10O8. The highest BCUT2D eigenvalue weighted by Crippen LogP contribution is 2.29. The van der Waals surface area contributed by atoms with Crippen LogP contribution in [0.15, 0.2) is 29.3 Å². The fourth-order valence-electron chi connectivity index (χ4n) is 8.18. The van der Waals surface area contributed by atoms with Crippen LogP contribution in [0.3, 0.4) is 0 Å². The quantitative estimate of drug-likeness (QED) is 0.0331. The van der Waals surface area contributed by atoms with Crippen LogP contribution in [-0.4, -0.2) is 108 Å². The number of unbranched alkanes of at least 4 members (excludes halogenated alkanes) is 2. The number of hydrogen-bond acceptors (Lipinski definition) is 10. The van der Waals surface area contributed by atoms with E-state index in [1.165, 1.54) is 24.3 Å². The van der Waals surface area contributed by atoms with Crippen molar-refractivity contribution in [1.29, 1.82) is 0 Å². The van der Waals surface area contributed by atoms with Crippen molar-refractivity contribution in [3.63, 3.8) is 0 Å². The van der Waals surface area contributed by atoms with E-state index in [0.29, 0.717) is 37.8 Å². The number of hydrogen-bond donors (Lipinski definition) is 11. The maximum Gasteiger partial charge on any atom is 0.326 e. The van der Waals surface area contributed by atoms with E-state index in [1.54, 1.807) is 0 Å². The summed E-state index contributed by atoms with van der Waals surface area (Å²) in [6.07, 6.45) is 11.8. The van der Waals surface area contributed by atoms with Gasteiger partial charge in [-0.2, -0.15) is 0 Å². The van der Waals surface area contributed by atoms with E-state index in [-0.39, 0.29) is 56.4 Å². The van der Waals surface area contributed by atoms with Crippen molar-refractivity contribution in [3.8, 4) is 0 Å². The molecule has 0 heterocycles. The van der Waals surface area contributed by atoms with Gasteiger partial charge in [-0.3, -0.25) is 29.0 Å². The third-order valence-corrected chi connectivity index (χ3v) is 11.8. The third-order valence-electron chi connectivity index (χ3n) is 11.8. The Balaban J connectivity index is 1.92. The van der Waals surface area contributed by atoms with Crippen molar-refractivity contribution < 1.29 is 43.4 Å². The summed E-state index contributed by atoms with van der Waals surface area (Å²) in [5.74, 6) is -5.10. The van der Waals surface area contributed by atoms with E-state index in [9.17, 15) is 43.4 Å². The first-order chi connectivity index (χ1) is 29.7. The first kappa shape index (κ1) is 51.5. The maximum atomic E-state index is 14.5. The van der Waals surface area contributed by atoms with Crippen LogP contribution in [0, 0.1) is 17.7 Å². The molecule has 0 aromatic heterocycles. The molecule has 1 aromatic rings. The lowest BCUT2D eigenvalue weighted by Crippen LogP contribution is -2.60. The maximum absolute atomic E-state index is 14.5. The molecule has 2 aliphatic carbocycles. The van der Waals surface area contributed by atoms with Gasteiger partial charge in [0.25, 0.3) is 0 Å². The normalized spacial score (nSPS) is 17.5. The van der Waals surface area contributed by atoms with Gasteiger partial charge in [0.15, 0.2) is 5.96 Å². The number of rotatable bonds is 27. The molecular weight excluding hydrogens is 804 g/mol. The van der Waals surface area contributed by atoms with E-state index in [2.05, 4.69) is 31.6 Å². The Bertz CT molecular complexity index is 1600. The summed E-state index contributed by atoms with van der Waals surface area (Å²) >= 11 is 0. The van der Waals surface area contributed by atoms with E-state index in [1.807, 2.05) is 0 Å². The second-order valence-corrected chi connectivity index (χ2v) is 16.8. The number of aliphatic hydroxyl groups excluding tert-OH is 1. The van der Waals surface area contributed by atoms with Crippen LogP contribution in [0.1, 0.15) is 121 Å². The molecule has 2 saturated carbocycles. The minimum Gasteiger partial charge on any atom is -0.480 e. The smallest absolute Gasteiger partial charge is 0.326 e. The molecule has 0 unspecified atom stereocenters. The predicted octanol–water partition coefficient (Wildman–Crippen LogP) is 0.710. The molecule has 15 N–H and O–H groups in total. The second-order valence-electron chi connectivity index (χ2n) is 16.8. The van der Waals surface area contributed by atoms with E-state index in [0.717, 1.165) is 64.2 Å². The number of aliphatic imine (C=N–C) groups is 1. The second kappa shape index (κ2) is 27.9. The van der Waals surface area contributed by atoms with Gasteiger partial charge in [-0.15, -0.1) is 0 Å². The van der Waals surface area contributed by atoms with E-state index < -0.39 is 84.2 Å². The Morgan fingerprint density at radius 1 is 0.645 bits per heavy atom. The Hall–Kier alpha value is -4.88. The average Bonchev–Trinajstić information content (AvgIpc) is 3.25. The van der Waals surface area contributed by atoms with Gasteiger partial charge >= 0.3 is 5.97 Å². The van der Waals surface area contributed by atoms with Crippen LogP contribution in [0.25, 0.3) is 0 Å². The van der Waals surface area contributed by atoms with Gasteiger partial charge in [0.1, 0.15) is 42.1 Å². The lowest BCUT2D eigenvalue weighted by molar-refractivity contribution is -0.142. The molecule has 0 radical (unpaired) electrons. The lowest BCUT2D eigenvalue weighted by atomic mass is 9.83. The molecule has 2 aliphatic rings. The molecule has 5 amide bonds. The number of carboxylic acid groups (broad SMARTS) is 1. The number of halogens is 1. The highest BCUT2D eigenvalue weighted by atomic mass is 19.1. The number of aliphatic carboxylic acids is 1. The van der Waals surface area contributed by atoms with Gasteiger partial charge < -0.3 is 59.7 Å². The molecule has 0 bridgehead atoms. The summed E-state index contributed by atoms with van der Waals surface area (Å²) in [5, 5.41) is 33.1. The molecule has 6 atom stereocenters. The summed E-state index contributed by atoms with van der Waals surface area (Å²) in [6.45, 7) is -0.0393. The fourth-order valence-corrected chi connectivity index (χ4v) is 8.18. The molecule has 62 heavy (non-hydrogen) atoms. The molecule has 0 saturated heterocycles. The van der Waals surface area contributed by atoms with E-state index in [4.69, 9.17) is 22.9 Å². The number of aliphatic hydroxyl groups is 1. The number of benzene rings is 1. The van der Waals surface area contributed by atoms with Crippen molar-refractivity contribution in [2.24, 2.45) is 39.8 Å². The van der Waals surface area contributed by atoms with Gasteiger partial charge in [0.2, 0.25) is 29.5 Å². The highest BCUT2D eigenvalue weighted by molar-refractivity contribution is 5.96. The van der Waals surface area contributed by atoms with Gasteiger partial charge in [0, 0.05) is 13.0 Å². The van der Waals surface area contributed by atoms with Gasteiger partial charge in [-0.05, 0) is 87.4 Å². The minimum atomic E-state index is -1.32. The zero-order chi connectivity index (χ0) is 45.4. The first-order valence-corrected chi connectivity index (χ1v) is 22.3. The van der Waals surface area contributed by atoms with Crippen molar-refractivity contribution in [1.82, 2.24) is 26.6 Å². The number of carbonyl (C=O) groups excluding carboxylic acids is 5. The molecule has 348 valence electrons. The monoisotopic (exact) mass is 875 g/mol. The van der Waals surface area contributed by atoms with Crippen molar-refractivity contribution >= 4 is 41.5 Å². The van der Waals surface area contributed by atoms with E-state index >= 15 is 0 Å². The van der Waals surface area contributed by atoms with Gasteiger partial charge in [-0.25, -0.2) is 9.18 Å². The number of nitrogens with zero attached hydrogens (tertiary/aromatic N) is 1. The summed E-state index contributed by atoms with van der Waals surface area (Å²) in [7, 11) is 0. The van der Waals surface area contributed by atoms with Crippen LogP contribution in [0.5, 0.6) is 0 Å². The Labute approximate surface area is 364 Å². The molecule has 1 aromatic carbocycles. The van der Waals surface area contributed by atoms with Crippen molar-refractivity contribution in [2.75, 3.05) is 19.7 Å². The van der Waals surface area contributed by atoms with Crippen molar-refractivity contribution in [3.05, 3.63) is 35.6 Å². The zero-order valence-electron chi connectivity index (χ0n) is 36.0. The van der Waals surface area contributed by atoms with Gasteiger partial charge in [0.05, 0.1) is 6.61 Å². The van der Waals surface area contributed by atoms with Crippen LogP contribution in [0.4, 0.5) is 4.39 Å². The number of carbonyl (C=O) groups is 6. The Kier molecular flexibility index (Phi) is 23.2. The number of nitrogens with two attached hydrogens (primary N) is 4. The molecule has 0 aliphatic heterocycles. The molecule has 0 spiro atoms. The average molecular weight is 875 g/mol. The van der Waals surface area contributed by atoms with Gasteiger partial charge in [-0.1, -0.05) is 76.3 Å². The fraction of sp³-hybridized carbons (Fsp3) is 0.698. The Morgan fingerprint density at radius 2 is 1.10 bits per heavy atom.